The number of hydrogen-bond donors (Lipinski definition) is 2. The molecule has 0 fully saturated rings. The van der Waals surface area contributed by atoms with Gasteiger partial charge in [-0.25, -0.2) is 0 Å². The second-order valence-corrected chi connectivity index (χ2v) is 5.28. The molecular formula is C18H32IN3O3. The summed E-state index contributed by atoms with van der Waals surface area (Å²) in [6, 6.07) is 6.11. The Labute approximate surface area is 168 Å². The highest BCUT2D eigenvalue weighted by Crippen LogP contribution is 2.30. The van der Waals surface area contributed by atoms with Gasteiger partial charge in [0, 0.05) is 27.3 Å². The predicted molar refractivity (Wildman–Crippen MR) is 114 cm³/mol. The summed E-state index contributed by atoms with van der Waals surface area (Å²) in [5.41, 5.74) is 1.11. The first-order valence-electron chi connectivity index (χ1n) is 8.51. The molecule has 0 amide bonds. The monoisotopic (exact) mass is 465 g/mol. The topological polar surface area (TPSA) is 64.1 Å². The molecule has 0 bridgehead atoms. The van der Waals surface area contributed by atoms with Gasteiger partial charge in [-0.2, -0.15) is 0 Å². The smallest absolute Gasteiger partial charge is 0.191 e. The van der Waals surface area contributed by atoms with Crippen LogP contribution in [0.1, 0.15) is 38.8 Å². The summed E-state index contributed by atoms with van der Waals surface area (Å²) in [4.78, 5) is 4.25. The van der Waals surface area contributed by atoms with Crippen LogP contribution >= 0.6 is 24.0 Å². The zero-order valence-electron chi connectivity index (χ0n) is 15.9. The summed E-state index contributed by atoms with van der Waals surface area (Å²) in [7, 11) is 3.47. The SMILES string of the molecule is CCOc1ccc(C(C)NC(=NC)NCCCOC)cc1OCC.I. The highest BCUT2D eigenvalue weighted by atomic mass is 127. The summed E-state index contributed by atoms with van der Waals surface area (Å²) in [6.07, 6.45) is 0.934. The molecule has 2 N–H and O–H groups in total. The van der Waals surface area contributed by atoms with Crippen LogP contribution < -0.4 is 20.1 Å². The van der Waals surface area contributed by atoms with Gasteiger partial charge in [0.15, 0.2) is 17.5 Å². The number of rotatable bonds is 10. The third-order valence-corrected chi connectivity index (χ3v) is 3.46. The number of benzene rings is 1. The van der Waals surface area contributed by atoms with E-state index >= 15 is 0 Å². The van der Waals surface area contributed by atoms with Gasteiger partial charge in [0.1, 0.15) is 0 Å². The highest BCUT2D eigenvalue weighted by molar-refractivity contribution is 14.0. The fourth-order valence-corrected chi connectivity index (χ4v) is 2.24. The number of nitrogens with zero attached hydrogens (tertiary/aromatic N) is 1. The number of ether oxygens (including phenoxy) is 3. The number of halogens is 1. The van der Waals surface area contributed by atoms with Crippen molar-refractivity contribution < 1.29 is 14.2 Å². The molecule has 1 rings (SSSR count). The molecule has 0 aromatic heterocycles. The number of hydrogen-bond acceptors (Lipinski definition) is 4. The van der Waals surface area contributed by atoms with E-state index in [0.29, 0.717) is 13.2 Å². The van der Waals surface area contributed by atoms with Gasteiger partial charge in [-0.3, -0.25) is 4.99 Å². The second-order valence-electron chi connectivity index (χ2n) is 5.28. The van der Waals surface area contributed by atoms with Gasteiger partial charge in [-0.15, -0.1) is 24.0 Å². The number of guanidine groups is 1. The van der Waals surface area contributed by atoms with Crippen LogP contribution in [0.2, 0.25) is 0 Å². The zero-order valence-corrected chi connectivity index (χ0v) is 18.3. The van der Waals surface area contributed by atoms with E-state index in [1.54, 1.807) is 14.2 Å². The predicted octanol–water partition coefficient (Wildman–Crippen LogP) is 3.36. The van der Waals surface area contributed by atoms with Crippen LogP contribution in [0.25, 0.3) is 0 Å². The highest BCUT2D eigenvalue weighted by Gasteiger charge is 2.12. The molecule has 0 aliphatic heterocycles. The Hall–Kier alpha value is -1.22. The fraction of sp³-hybridized carbons (Fsp3) is 0.611. The van der Waals surface area contributed by atoms with Gasteiger partial charge in [0.05, 0.1) is 19.3 Å². The fourth-order valence-electron chi connectivity index (χ4n) is 2.24. The van der Waals surface area contributed by atoms with E-state index < -0.39 is 0 Å². The minimum Gasteiger partial charge on any atom is -0.490 e. The lowest BCUT2D eigenvalue weighted by Gasteiger charge is -2.20. The van der Waals surface area contributed by atoms with Crippen LogP contribution in [-0.4, -0.2) is 46.5 Å². The van der Waals surface area contributed by atoms with Gasteiger partial charge in [-0.1, -0.05) is 6.07 Å². The average molecular weight is 465 g/mol. The van der Waals surface area contributed by atoms with Gasteiger partial charge in [-0.05, 0) is 44.9 Å². The molecule has 1 aromatic carbocycles. The first-order chi connectivity index (χ1) is 11.7. The van der Waals surface area contributed by atoms with Crippen LogP contribution in [0, 0.1) is 0 Å². The van der Waals surface area contributed by atoms with Crippen LogP contribution in [0.15, 0.2) is 23.2 Å². The molecule has 6 nitrogen and oxygen atoms in total. The van der Waals surface area contributed by atoms with Crippen LogP contribution in [0.3, 0.4) is 0 Å². The molecule has 0 saturated heterocycles. The normalized spacial score (nSPS) is 12.1. The van der Waals surface area contributed by atoms with E-state index in [1.165, 1.54) is 0 Å². The van der Waals surface area contributed by atoms with Crippen molar-refractivity contribution in [2.75, 3.05) is 40.5 Å². The molecule has 1 aromatic rings. The lowest BCUT2D eigenvalue weighted by molar-refractivity contribution is 0.195. The average Bonchev–Trinajstić information content (AvgIpc) is 2.59. The zero-order chi connectivity index (χ0) is 17.8. The Morgan fingerprint density at radius 3 is 2.44 bits per heavy atom. The molecule has 0 spiro atoms. The maximum absolute atomic E-state index is 5.69. The lowest BCUT2D eigenvalue weighted by atomic mass is 10.1. The van der Waals surface area contributed by atoms with E-state index in [0.717, 1.165) is 42.6 Å². The van der Waals surface area contributed by atoms with Crippen molar-refractivity contribution in [3.05, 3.63) is 23.8 Å². The van der Waals surface area contributed by atoms with Crippen LogP contribution in [0.5, 0.6) is 11.5 Å². The summed E-state index contributed by atoms with van der Waals surface area (Å²) < 4.78 is 16.3. The van der Waals surface area contributed by atoms with Gasteiger partial charge < -0.3 is 24.8 Å². The van der Waals surface area contributed by atoms with E-state index in [1.807, 2.05) is 32.0 Å². The molecule has 0 radical (unpaired) electrons. The van der Waals surface area contributed by atoms with E-state index in [9.17, 15) is 0 Å². The van der Waals surface area contributed by atoms with Crippen molar-refractivity contribution in [2.45, 2.75) is 33.2 Å². The van der Waals surface area contributed by atoms with E-state index in [2.05, 4.69) is 22.5 Å². The van der Waals surface area contributed by atoms with Crippen LogP contribution in [-0.2, 0) is 4.74 Å². The Balaban J connectivity index is 0.00000576. The Kier molecular flexibility index (Phi) is 13.3. The Morgan fingerprint density at radius 1 is 1.16 bits per heavy atom. The molecule has 0 heterocycles. The van der Waals surface area contributed by atoms with Crippen molar-refractivity contribution in [1.29, 1.82) is 0 Å². The largest absolute Gasteiger partial charge is 0.490 e. The van der Waals surface area contributed by atoms with Crippen molar-refractivity contribution >= 4 is 29.9 Å². The number of aliphatic imine (C=N–C) groups is 1. The van der Waals surface area contributed by atoms with Gasteiger partial charge in [0.25, 0.3) is 0 Å². The van der Waals surface area contributed by atoms with Crippen molar-refractivity contribution in [1.82, 2.24) is 10.6 Å². The molecule has 0 saturated carbocycles. The first-order valence-corrected chi connectivity index (χ1v) is 8.51. The molecule has 25 heavy (non-hydrogen) atoms. The van der Waals surface area contributed by atoms with Crippen molar-refractivity contribution in [3.8, 4) is 11.5 Å². The lowest BCUT2D eigenvalue weighted by Crippen LogP contribution is -2.39. The second kappa shape index (κ2) is 14.0. The minimum absolute atomic E-state index is 0. The van der Waals surface area contributed by atoms with Crippen molar-refractivity contribution in [3.63, 3.8) is 0 Å². The van der Waals surface area contributed by atoms with E-state index in [4.69, 9.17) is 14.2 Å². The summed E-state index contributed by atoms with van der Waals surface area (Å²) in [5, 5.41) is 6.66. The molecule has 1 atom stereocenters. The quantitative estimate of drug-likeness (QED) is 0.240. The number of methoxy groups -OCH3 is 1. The van der Waals surface area contributed by atoms with Gasteiger partial charge in [0.2, 0.25) is 0 Å². The number of nitrogens with one attached hydrogen (secondary N) is 2. The maximum Gasteiger partial charge on any atom is 0.191 e. The first kappa shape index (κ1) is 23.8. The molecule has 7 heteroatoms. The molecule has 1 unspecified atom stereocenters. The Morgan fingerprint density at radius 2 is 1.84 bits per heavy atom. The molecular weight excluding hydrogens is 433 g/mol. The summed E-state index contributed by atoms with van der Waals surface area (Å²) in [5.74, 6) is 2.32. The molecule has 144 valence electrons. The minimum atomic E-state index is 0. The standard InChI is InChI=1S/C18H31N3O3.HI/c1-6-23-16-10-9-15(13-17(16)24-7-2)14(3)21-18(19-4)20-11-8-12-22-5;/h9-10,13-14H,6-8,11-12H2,1-5H3,(H2,19,20,21);1H. The van der Waals surface area contributed by atoms with Crippen molar-refractivity contribution in [2.24, 2.45) is 4.99 Å². The Bertz CT molecular complexity index is 512. The molecule has 0 aliphatic rings. The summed E-state index contributed by atoms with van der Waals surface area (Å²) in [6.45, 7) is 8.79. The molecule has 0 aliphatic carbocycles. The third kappa shape index (κ3) is 8.62. The van der Waals surface area contributed by atoms with E-state index in [-0.39, 0.29) is 30.0 Å². The van der Waals surface area contributed by atoms with Crippen LogP contribution in [0.4, 0.5) is 0 Å². The maximum atomic E-state index is 5.69. The summed E-state index contributed by atoms with van der Waals surface area (Å²) >= 11 is 0. The van der Waals surface area contributed by atoms with Gasteiger partial charge >= 0.3 is 0 Å². The third-order valence-electron chi connectivity index (χ3n) is 3.46.